The van der Waals surface area contributed by atoms with Crippen LogP contribution in [-0.4, -0.2) is 71.1 Å². The van der Waals surface area contributed by atoms with E-state index in [1.807, 2.05) is 11.8 Å². The molecule has 0 bridgehead atoms. The van der Waals surface area contributed by atoms with E-state index in [9.17, 15) is 9.18 Å². The van der Waals surface area contributed by atoms with E-state index in [0.717, 1.165) is 25.9 Å². The lowest BCUT2D eigenvalue weighted by atomic mass is 10.1. The molecular formula is C25H26Cl2FN5O3. The molecule has 36 heavy (non-hydrogen) atoms. The average molecular weight is 534 g/mol. The largest absolute Gasteiger partial charge is 0.493 e. The Labute approximate surface area is 218 Å². The van der Waals surface area contributed by atoms with Crippen LogP contribution in [-0.2, 0) is 4.79 Å². The number of aromatic nitrogens is 2. The van der Waals surface area contributed by atoms with Crippen molar-refractivity contribution in [3.8, 4) is 11.5 Å². The van der Waals surface area contributed by atoms with Gasteiger partial charge in [-0.25, -0.2) is 14.4 Å². The van der Waals surface area contributed by atoms with E-state index in [2.05, 4.69) is 20.2 Å². The molecule has 0 spiro atoms. The summed E-state index contributed by atoms with van der Waals surface area (Å²) < 4.78 is 26.4. The van der Waals surface area contributed by atoms with Gasteiger partial charge in [-0.3, -0.25) is 9.69 Å². The monoisotopic (exact) mass is 533 g/mol. The highest BCUT2D eigenvalue weighted by Gasteiger charge is 2.42. The van der Waals surface area contributed by atoms with Crippen LogP contribution in [0.1, 0.15) is 19.8 Å². The first-order valence-electron chi connectivity index (χ1n) is 11.8. The topological polar surface area (TPSA) is 79.8 Å². The van der Waals surface area contributed by atoms with Crippen LogP contribution in [0.2, 0.25) is 10.0 Å². The molecule has 8 nitrogen and oxygen atoms in total. The maximum Gasteiger partial charge on any atom is 0.240 e. The first-order chi connectivity index (χ1) is 17.4. The number of methoxy groups -OCH3 is 1. The number of carbonyl (C=O) groups excluding carboxylic acids is 1. The van der Waals surface area contributed by atoms with Gasteiger partial charge in [0.15, 0.2) is 17.3 Å². The highest BCUT2D eigenvalue weighted by Crippen LogP contribution is 2.37. The second-order valence-corrected chi connectivity index (χ2v) is 9.62. The molecule has 1 N–H and O–H groups in total. The van der Waals surface area contributed by atoms with E-state index in [-0.39, 0.29) is 33.7 Å². The molecule has 2 saturated heterocycles. The van der Waals surface area contributed by atoms with Gasteiger partial charge < -0.3 is 19.7 Å². The quantitative estimate of drug-likeness (QED) is 0.432. The van der Waals surface area contributed by atoms with Crippen molar-refractivity contribution in [2.24, 2.45) is 0 Å². The number of nitrogens with one attached hydrogen (secondary N) is 1. The maximum absolute atomic E-state index is 14.6. The summed E-state index contributed by atoms with van der Waals surface area (Å²) in [6.45, 7) is 4.69. The predicted molar refractivity (Wildman–Crippen MR) is 137 cm³/mol. The second-order valence-electron chi connectivity index (χ2n) is 8.83. The standard InChI is InChI=1S/C25H26Cl2FN5O3/c1-3-33-14(11-32-8-4-5-19(32)25(33)34)12-36-21-10-18-15(9-20(21)35-2)24(30-13-29-18)31-17-7-6-16(26)22(27)23(17)28/h6-7,9-10,13-14,19H,3-5,8,11-12H2,1-2H3,(H,29,30,31)/t14-,19-/m0/s1. The third-order valence-electron chi connectivity index (χ3n) is 6.80. The van der Waals surface area contributed by atoms with E-state index in [1.54, 1.807) is 19.2 Å². The minimum Gasteiger partial charge on any atom is -0.493 e. The van der Waals surface area contributed by atoms with E-state index in [0.29, 0.717) is 41.4 Å². The molecule has 0 saturated carbocycles. The van der Waals surface area contributed by atoms with Gasteiger partial charge in [0.25, 0.3) is 0 Å². The van der Waals surface area contributed by atoms with Crippen molar-refractivity contribution in [3.05, 3.63) is 46.5 Å². The van der Waals surface area contributed by atoms with Gasteiger partial charge in [-0.1, -0.05) is 23.2 Å². The summed E-state index contributed by atoms with van der Waals surface area (Å²) in [5, 5.41) is 3.52. The molecule has 2 aliphatic rings. The molecule has 1 amide bonds. The fourth-order valence-electron chi connectivity index (χ4n) is 4.99. The third-order valence-corrected chi connectivity index (χ3v) is 7.58. The van der Waals surface area contributed by atoms with Crippen molar-refractivity contribution in [3.63, 3.8) is 0 Å². The third kappa shape index (κ3) is 4.51. The lowest BCUT2D eigenvalue weighted by Gasteiger charge is -2.42. The number of hydrogen-bond acceptors (Lipinski definition) is 7. The number of ether oxygens (including phenoxy) is 2. The number of fused-ring (bicyclic) bond motifs is 2. The Morgan fingerprint density at radius 3 is 2.83 bits per heavy atom. The van der Waals surface area contributed by atoms with Gasteiger partial charge in [-0.15, -0.1) is 0 Å². The number of halogens is 3. The molecule has 0 radical (unpaired) electrons. The first kappa shape index (κ1) is 24.8. The van der Waals surface area contributed by atoms with E-state index < -0.39 is 5.82 Å². The van der Waals surface area contributed by atoms with Crippen LogP contribution in [0.4, 0.5) is 15.9 Å². The predicted octanol–water partition coefficient (Wildman–Crippen LogP) is 4.90. The summed E-state index contributed by atoms with van der Waals surface area (Å²) in [5.74, 6) is 0.850. The number of carbonyl (C=O) groups is 1. The molecule has 2 fully saturated rings. The Hall–Kier alpha value is -2.88. The van der Waals surface area contributed by atoms with Crippen molar-refractivity contribution in [2.45, 2.75) is 31.8 Å². The lowest BCUT2D eigenvalue weighted by Crippen LogP contribution is -2.61. The number of anilines is 2. The maximum atomic E-state index is 14.6. The zero-order valence-corrected chi connectivity index (χ0v) is 21.4. The molecule has 0 aliphatic carbocycles. The minimum atomic E-state index is -0.675. The first-order valence-corrected chi connectivity index (χ1v) is 12.6. The van der Waals surface area contributed by atoms with Gasteiger partial charge in [-0.05, 0) is 44.5 Å². The SMILES string of the molecule is CCN1C(=O)[C@@H]2CCCN2C[C@H]1COc1cc2ncnc(Nc3ccc(Cl)c(Cl)c3F)c2cc1OC. The minimum absolute atomic E-state index is 0.000570. The molecule has 2 atom stereocenters. The summed E-state index contributed by atoms with van der Waals surface area (Å²) in [6.07, 6.45) is 3.34. The van der Waals surface area contributed by atoms with Crippen LogP contribution in [0.25, 0.3) is 10.9 Å². The molecule has 5 rings (SSSR count). The molecule has 3 heterocycles. The fraction of sp³-hybridized carbons (Fsp3) is 0.400. The highest BCUT2D eigenvalue weighted by atomic mass is 35.5. The number of piperazine rings is 1. The van der Waals surface area contributed by atoms with Gasteiger partial charge in [0.05, 0.1) is 40.4 Å². The van der Waals surface area contributed by atoms with Gasteiger partial charge in [0.1, 0.15) is 18.8 Å². The Morgan fingerprint density at radius 1 is 1.22 bits per heavy atom. The summed E-state index contributed by atoms with van der Waals surface area (Å²) in [6, 6.07) is 6.43. The fourth-order valence-corrected chi connectivity index (χ4v) is 5.30. The average Bonchev–Trinajstić information content (AvgIpc) is 3.36. The number of rotatable bonds is 7. The molecule has 0 unspecified atom stereocenters. The number of hydrogen-bond donors (Lipinski definition) is 1. The van der Waals surface area contributed by atoms with Crippen LogP contribution in [0.15, 0.2) is 30.6 Å². The van der Waals surface area contributed by atoms with Crippen LogP contribution in [0.3, 0.4) is 0 Å². The molecule has 11 heteroatoms. The molecule has 190 valence electrons. The van der Waals surface area contributed by atoms with Crippen LogP contribution < -0.4 is 14.8 Å². The number of likely N-dealkylation sites (N-methyl/N-ethyl adjacent to an activating group) is 1. The van der Waals surface area contributed by atoms with Crippen LogP contribution in [0, 0.1) is 5.82 Å². The van der Waals surface area contributed by atoms with Crippen LogP contribution in [0.5, 0.6) is 11.5 Å². The van der Waals surface area contributed by atoms with E-state index in [1.165, 1.54) is 18.5 Å². The van der Waals surface area contributed by atoms with Gasteiger partial charge in [0, 0.05) is 24.5 Å². The van der Waals surface area contributed by atoms with Gasteiger partial charge in [0.2, 0.25) is 5.91 Å². The normalized spacial score (nSPS) is 20.0. The zero-order chi connectivity index (χ0) is 25.4. The van der Waals surface area contributed by atoms with E-state index >= 15 is 0 Å². The molecule has 1 aromatic heterocycles. The Balaban J connectivity index is 1.40. The van der Waals surface area contributed by atoms with Gasteiger partial charge in [-0.2, -0.15) is 0 Å². The zero-order valence-electron chi connectivity index (χ0n) is 19.9. The summed E-state index contributed by atoms with van der Waals surface area (Å²) in [7, 11) is 1.54. The Kier molecular flexibility index (Phi) is 7.05. The molecule has 3 aromatic rings. The van der Waals surface area contributed by atoms with Crippen molar-refractivity contribution in [2.75, 3.05) is 38.7 Å². The molecule has 2 aliphatic heterocycles. The Bertz CT molecular complexity index is 1310. The second kappa shape index (κ2) is 10.2. The van der Waals surface area contributed by atoms with Crippen molar-refractivity contribution in [1.82, 2.24) is 19.8 Å². The highest BCUT2D eigenvalue weighted by molar-refractivity contribution is 6.42. The van der Waals surface area contributed by atoms with Crippen molar-refractivity contribution < 1.29 is 18.7 Å². The Morgan fingerprint density at radius 2 is 2.06 bits per heavy atom. The number of amides is 1. The molecule has 2 aromatic carbocycles. The molecular weight excluding hydrogens is 508 g/mol. The summed E-state index contributed by atoms with van der Waals surface area (Å²) in [4.78, 5) is 25.7. The van der Waals surface area contributed by atoms with Crippen molar-refractivity contribution >= 4 is 51.5 Å². The lowest BCUT2D eigenvalue weighted by molar-refractivity contribution is -0.145. The van der Waals surface area contributed by atoms with Gasteiger partial charge >= 0.3 is 0 Å². The number of nitrogens with zero attached hydrogens (tertiary/aromatic N) is 4. The van der Waals surface area contributed by atoms with Crippen LogP contribution >= 0.6 is 23.2 Å². The van der Waals surface area contributed by atoms with Crippen molar-refractivity contribution in [1.29, 1.82) is 0 Å². The summed E-state index contributed by atoms with van der Waals surface area (Å²) in [5.41, 5.74) is 0.709. The van der Waals surface area contributed by atoms with E-state index in [4.69, 9.17) is 32.7 Å². The summed E-state index contributed by atoms with van der Waals surface area (Å²) >= 11 is 11.8. The smallest absolute Gasteiger partial charge is 0.240 e. The number of benzene rings is 2.